The van der Waals surface area contributed by atoms with Gasteiger partial charge < -0.3 is 5.32 Å². The van der Waals surface area contributed by atoms with Gasteiger partial charge in [0, 0.05) is 12.2 Å². The molecule has 1 aliphatic rings. The van der Waals surface area contributed by atoms with Gasteiger partial charge in [-0.2, -0.15) is 0 Å². The summed E-state index contributed by atoms with van der Waals surface area (Å²) in [6, 6.07) is 24.5. The van der Waals surface area contributed by atoms with E-state index in [1.807, 2.05) is 30.3 Å². The molecule has 0 aromatic heterocycles. The topological polar surface area (TPSA) is 32.3 Å². The van der Waals surface area contributed by atoms with Gasteiger partial charge in [0.2, 0.25) is 5.91 Å². The number of nitrogens with one attached hydrogen (secondary N) is 1. The average Bonchev–Trinajstić information content (AvgIpc) is 3.11. The van der Waals surface area contributed by atoms with Crippen LogP contribution in [0, 0.1) is 0 Å². The van der Waals surface area contributed by atoms with Gasteiger partial charge in [0.15, 0.2) is 0 Å². The number of amides is 1. The van der Waals surface area contributed by atoms with E-state index in [2.05, 4.69) is 52.7 Å². The SMILES string of the molecule is O=C(Nc1ccccc1)C1CCCN1Cc1cccc2ccccc12. The van der Waals surface area contributed by atoms with Crippen LogP contribution in [0.15, 0.2) is 72.8 Å². The van der Waals surface area contributed by atoms with Gasteiger partial charge in [-0.05, 0) is 47.9 Å². The summed E-state index contributed by atoms with van der Waals surface area (Å²) in [7, 11) is 0. The van der Waals surface area contributed by atoms with Crippen molar-refractivity contribution in [2.45, 2.75) is 25.4 Å². The maximum absolute atomic E-state index is 12.7. The van der Waals surface area contributed by atoms with Gasteiger partial charge in [-0.1, -0.05) is 60.7 Å². The molecule has 1 amide bonds. The summed E-state index contributed by atoms with van der Waals surface area (Å²) < 4.78 is 0. The highest BCUT2D eigenvalue weighted by Crippen LogP contribution is 2.25. The van der Waals surface area contributed by atoms with Crippen LogP contribution in [0.3, 0.4) is 0 Å². The number of carbonyl (C=O) groups excluding carboxylic acids is 1. The van der Waals surface area contributed by atoms with E-state index in [-0.39, 0.29) is 11.9 Å². The molecule has 25 heavy (non-hydrogen) atoms. The van der Waals surface area contributed by atoms with Crippen LogP contribution in [-0.2, 0) is 11.3 Å². The van der Waals surface area contributed by atoms with E-state index in [1.54, 1.807) is 0 Å². The lowest BCUT2D eigenvalue weighted by molar-refractivity contribution is -0.120. The maximum atomic E-state index is 12.7. The Morgan fingerprint density at radius 1 is 0.960 bits per heavy atom. The van der Waals surface area contributed by atoms with Gasteiger partial charge in [-0.3, -0.25) is 9.69 Å². The van der Waals surface area contributed by atoms with Gasteiger partial charge >= 0.3 is 0 Å². The fraction of sp³-hybridized carbons (Fsp3) is 0.227. The normalized spacial score (nSPS) is 17.7. The zero-order valence-electron chi connectivity index (χ0n) is 14.2. The predicted octanol–water partition coefficient (Wildman–Crippen LogP) is 4.44. The summed E-state index contributed by atoms with van der Waals surface area (Å²) in [6.45, 7) is 1.78. The Kier molecular flexibility index (Phi) is 4.49. The summed E-state index contributed by atoms with van der Waals surface area (Å²) in [4.78, 5) is 15.0. The second-order valence-corrected chi connectivity index (χ2v) is 6.62. The molecule has 3 nitrogen and oxygen atoms in total. The van der Waals surface area contributed by atoms with Crippen molar-refractivity contribution in [1.82, 2.24) is 4.90 Å². The van der Waals surface area contributed by atoms with E-state index in [0.717, 1.165) is 31.6 Å². The lowest BCUT2D eigenvalue weighted by atomic mass is 10.0. The highest BCUT2D eigenvalue weighted by molar-refractivity contribution is 5.95. The third kappa shape index (κ3) is 3.42. The van der Waals surface area contributed by atoms with Crippen molar-refractivity contribution < 1.29 is 4.79 Å². The zero-order chi connectivity index (χ0) is 17.1. The first-order chi connectivity index (χ1) is 12.3. The van der Waals surface area contributed by atoms with Crippen molar-refractivity contribution in [3.63, 3.8) is 0 Å². The minimum atomic E-state index is -0.0563. The number of para-hydroxylation sites is 1. The molecule has 0 radical (unpaired) electrons. The molecule has 1 unspecified atom stereocenters. The zero-order valence-corrected chi connectivity index (χ0v) is 14.2. The van der Waals surface area contributed by atoms with E-state index < -0.39 is 0 Å². The largest absolute Gasteiger partial charge is 0.325 e. The van der Waals surface area contributed by atoms with E-state index in [9.17, 15) is 4.79 Å². The molecule has 1 aliphatic heterocycles. The van der Waals surface area contributed by atoms with Gasteiger partial charge in [0.25, 0.3) is 0 Å². The van der Waals surface area contributed by atoms with Crippen molar-refractivity contribution in [3.8, 4) is 0 Å². The van der Waals surface area contributed by atoms with Crippen molar-refractivity contribution in [2.75, 3.05) is 11.9 Å². The van der Waals surface area contributed by atoms with E-state index in [4.69, 9.17) is 0 Å². The van der Waals surface area contributed by atoms with Crippen LogP contribution in [0.5, 0.6) is 0 Å². The minimum absolute atomic E-state index is 0.0563. The van der Waals surface area contributed by atoms with Crippen LogP contribution in [-0.4, -0.2) is 23.4 Å². The Bertz CT molecular complexity index is 870. The lowest BCUT2D eigenvalue weighted by Gasteiger charge is -2.24. The number of carbonyl (C=O) groups is 1. The van der Waals surface area contributed by atoms with Crippen molar-refractivity contribution in [3.05, 3.63) is 78.4 Å². The first-order valence-electron chi connectivity index (χ1n) is 8.88. The smallest absolute Gasteiger partial charge is 0.241 e. The van der Waals surface area contributed by atoms with Gasteiger partial charge in [-0.25, -0.2) is 0 Å². The van der Waals surface area contributed by atoms with Crippen LogP contribution in [0.25, 0.3) is 10.8 Å². The number of hydrogen-bond donors (Lipinski definition) is 1. The Labute approximate surface area is 148 Å². The fourth-order valence-corrected chi connectivity index (χ4v) is 3.71. The average molecular weight is 330 g/mol. The van der Waals surface area contributed by atoms with Crippen LogP contribution < -0.4 is 5.32 Å². The molecule has 3 aromatic carbocycles. The molecule has 3 aromatic rings. The highest BCUT2D eigenvalue weighted by Gasteiger charge is 2.30. The first kappa shape index (κ1) is 15.9. The molecule has 1 atom stereocenters. The number of fused-ring (bicyclic) bond motifs is 1. The molecular formula is C22H22N2O. The maximum Gasteiger partial charge on any atom is 0.241 e. The molecule has 0 spiro atoms. The lowest BCUT2D eigenvalue weighted by Crippen LogP contribution is -2.39. The standard InChI is InChI=1S/C22H22N2O/c25-22(23-19-11-2-1-3-12-19)21-14-7-15-24(21)16-18-10-6-9-17-8-4-5-13-20(17)18/h1-6,8-13,21H,7,14-16H2,(H,23,25). The number of likely N-dealkylation sites (tertiary alicyclic amines) is 1. The van der Waals surface area contributed by atoms with Crippen molar-refractivity contribution in [2.24, 2.45) is 0 Å². The third-order valence-electron chi connectivity index (χ3n) is 4.96. The molecule has 0 bridgehead atoms. The Balaban J connectivity index is 1.52. The van der Waals surface area contributed by atoms with Crippen LogP contribution in [0.1, 0.15) is 18.4 Å². The molecule has 0 aliphatic carbocycles. The third-order valence-corrected chi connectivity index (χ3v) is 4.96. The van der Waals surface area contributed by atoms with Crippen LogP contribution >= 0.6 is 0 Å². The number of benzene rings is 3. The van der Waals surface area contributed by atoms with Crippen LogP contribution in [0.4, 0.5) is 5.69 Å². The first-order valence-corrected chi connectivity index (χ1v) is 8.88. The minimum Gasteiger partial charge on any atom is -0.325 e. The fourth-order valence-electron chi connectivity index (χ4n) is 3.71. The number of anilines is 1. The second-order valence-electron chi connectivity index (χ2n) is 6.62. The van der Waals surface area contributed by atoms with Gasteiger partial charge in [-0.15, -0.1) is 0 Å². The van der Waals surface area contributed by atoms with E-state index in [1.165, 1.54) is 16.3 Å². The summed E-state index contributed by atoms with van der Waals surface area (Å²) in [5.74, 6) is 0.101. The van der Waals surface area contributed by atoms with Gasteiger partial charge in [0.1, 0.15) is 0 Å². The summed E-state index contributed by atoms with van der Waals surface area (Å²) in [5.41, 5.74) is 2.15. The van der Waals surface area contributed by atoms with E-state index >= 15 is 0 Å². The molecule has 1 fully saturated rings. The molecule has 1 saturated heterocycles. The molecular weight excluding hydrogens is 308 g/mol. The van der Waals surface area contributed by atoms with Gasteiger partial charge in [0.05, 0.1) is 6.04 Å². The molecule has 126 valence electrons. The number of rotatable bonds is 4. The Morgan fingerprint density at radius 3 is 2.60 bits per heavy atom. The van der Waals surface area contributed by atoms with Crippen molar-refractivity contribution >= 4 is 22.4 Å². The summed E-state index contributed by atoms with van der Waals surface area (Å²) in [5, 5.41) is 5.59. The molecule has 1 heterocycles. The Hall–Kier alpha value is -2.65. The summed E-state index contributed by atoms with van der Waals surface area (Å²) in [6.07, 6.45) is 1.99. The highest BCUT2D eigenvalue weighted by atomic mass is 16.2. The second kappa shape index (κ2) is 7.08. The number of hydrogen-bond acceptors (Lipinski definition) is 2. The summed E-state index contributed by atoms with van der Waals surface area (Å²) >= 11 is 0. The van der Waals surface area contributed by atoms with E-state index in [0.29, 0.717) is 0 Å². The van der Waals surface area contributed by atoms with Crippen LogP contribution in [0.2, 0.25) is 0 Å². The molecule has 4 rings (SSSR count). The molecule has 0 saturated carbocycles. The monoisotopic (exact) mass is 330 g/mol. The Morgan fingerprint density at radius 2 is 1.72 bits per heavy atom. The predicted molar refractivity (Wildman–Crippen MR) is 102 cm³/mol. The number of nitrogens with zero attached hydrogens (tertiary/aromatic N) is 1. The molecule has 1 N–H and O–H groups in total. The van der Waals surface area contributed by atoms with Crippen molar-refractivity contribution in [1.29, 1.82) is 0 Å². The quantitative estimate of drug-likeness (QED) is 0.767. The molecule has 3 heteroatoms.